The number of amides is 1. The molecule has 1 saturated heterocycles. The molecular formula is C16H21N3OS2. The fourth-order valence-electron chi connectivity index (χ4n) is 2.80. The third kappa shape index (κ3) is 3.62. The Morgan fingerprint density at radius 2 is 2.18 bits per heavy atom. The lowest BCUT2D eigenvalue weighted by atomic mass is 9.91. The highest BCUT2D eigenvalue weighted by atomic mass is 32.2. The number of carbonyl (C=O) groups is 1. The summed E-state index contributed by atoms with van der Waals surface area (Å²) in [7, 11) is 0. The number of rotatable bonds is 4. The molecule has 6 heteroatoms. The molecule has 1 aliphatic heterocycles. The highest BCUT2D eigenvalue weighted by Crippen LogP contribution is 2.29. The number of nitrogens with zero attached hydrogens (tertiary/aromatic N) is 2. The Balaban J connectivity index is 1.52. The summed E-state index contributed by atoms with van der Waals surface area (Å²) < 4.78 is 2.15. The van der Waals surface area contributed by atoms with Crippen molar-refractivity contribution in [3.63, 3.8) is 0 Å². The van der Waals surface area contributed by atoms with E-state index in [1.54, 1.807) is 23.1 Å². The molecule has 118 valence electrons. The van der Waals surface area contributed by atoms with Gasteiger partial charge in [-0.2, -0.15) is 0 Å². The van der Waals surface area contributed by atoms with Crippen LogP contribution >= 0.6 is 23.1 Å². The molecule has 1 unspecified atom stereocenters. The van der Waals surface area contributed by atoms with E-state index in [9.17, 15) is 4.79 Å². The number of para-hydroxylation sites is 1. The van der Waals surface area contributed by atoms with E-state index >= 15 is 0 Å². The molecule has 22 heavy (non-hydrogen) atoms. The summed E-state index contributed by atoms with van der Waals surface area (Å²) in [6.45, 7) is 3.74. The quantitative estimate of drug-likeness (QED) is 0.873. The normalized spacial score (nSPS) is 17.8. The van der Waals surface area contributed by atoms with E-state index in [2.05, 4.69) is 18.0 Å². The minimum atomic E-state index is 0.215. The average molecular weight is 335 g/mol. The smallest absolute Gasteiger partial charge is 0.233 e. The second-order valence-corrected chi connectivity index (χ2v) is 8.07. The molecule has 1 amide bonds. The van der Waals surface area contributed by atoms with Crippen LogP contribution in [0.1, 0.15) is 19.8 Å². The predicted octanol–water partition coefficient (Wildman–Crippen LogP) is 2.97. The van der Waals surface area contributed by atoms with Gasteiger partial charge in [0.25, 0.3) is 0 Å². The second kappa shape index (κ2) is 6.98. The van der Waals surface area contributed by atoms with Crippen molar-refractivity contribution in [2.24, 2.45) is 11.7 Å². The Bertz CT molecular complexity index is 615. The number of thioether (sulfide) groups is 1. The van der Waals surface area contributed by atoms with Crippen molar-refractivity contribution in [2.75, 3.05) is 18.8 Å². The van der Waals surface area contributed by atoms with Crippen LogP contribution in [-0.4, -0.2) is 40.7 Å². The van der Waals surface area contributed by atoms with Gasteiger partial charge in [0.05, 0.1) is 16.0 Å². The van der Waals surface area contributed by atoms with Crippen molar-refractivity contribution in [2.45, 2.75) is 30.1 Å². The van der Waals surface area contributed by atoms with Crippen molar-refractivity contribution in [1.82, 2.24) is 9.88 Å². The zero-order chi connectivity index (χ0) is 15.5. The lowest BCUT2D eigenvalue weighted by Crippen LogP contribution is -2.43. The number of fused-ring (bicyclic) bond motifs is 1. The lowest BCUT2D eigenvalue weighted by Gasteiger charge is -2.33. The van der Waals surface area contributed by atoms with Gasteiger partial charge in [-0.3, -0.25) is 4.79 Å². The molecular weight excluding hydrogens is 314 g/mol. The van der Waals surface area contributed by atoms with Crippen molar-refractivity contribution < 1.29 is 4.79 Å². The zero-order valence-corrected chi connectivity index (χ0v) is 14.3. The maximum absolute atomic E-state index is 12.3. The summed E-state index contributed by atoms with van der Waals surface area (Å²) in [5, 5.41) is 0. The monoisotopic (exact) mass is 335 g/mol. The molecule has 0 spiro atoms. The van der Waals surface area contributed by atoms with Crippen LogP contribution in [0.15, 0.2) is 28.6 Å². The Morgan fingerprint density at radius 1 is 1.45 bits per heavy atom. The van der Waals surface area contributed by atoms with E-state index in [0.29, 0.717) is 11.7 Å². The fourth-order valence-corrected chi connectivity index (χ4v) is 4.77. The van der Waals surface area contributed by atoms with Crippen molar-refractivity contribution >= 4 is 39.2 Å². The van der Waals surface area contributed by atoms with Crippen molar-refractivity contribution in [3.05, 3.63) is 24.3 Å². The number of benzene rings is 1. The third-order valence-corrected chi connectivity index (χ3v) is 6.39. The van der Waals surface area contributed by atoms with Gasteiger partial charge in [-0.1, -0.05) is 23.9 Å². The first-order valence-corrected chi connectivity index (χ1v) is 9.45. The van der Waals surface area contributed by atoms with E-state index in [4.69, 9.17) is 5.73 Å². The number of hydrogen-bond donors (Lipinski definition) is 1. The van der Waals surface area contributed by atoms with Crippen LogP contribution < -0.4 is 5.73 Å². The minimum absolute atomic E-state index is 0.215. The van der Waals surface area contributed by atoms with Gasteiger partial charge >= 0.3 is 0 Å². The second-order valence-electron chi connectivity index (χ2n) is 5.81. The van der Waals surface area contributed by atoms with Crippen molar-refractivity contribution in [1.29, 1.82) is 0 Å². The Kier molecular flexibility index (Phi) is 5.00. The Morgan fingerprint density at radius 3 is 2.86 bits per heavy atom. The minimum Gasteiger partial charge on any atom is -0.342 e. The molecule has 1 aliphatic rings. The van der Waals surface area contributed by atoms with E-state index in [0.717, 1.165) is 35.8 Å². The van der Waals surface area contributed by atoms with Gasteiger partial charge in [-0.25, -0.2) is 4.98 Å². The van der Waals surface area contributed by atoms with Gasteiger partial charge in [-0.05, 0) is 37.8 Å². The summed E-state index contributed by atoms with van der Waals surface area (Å²) in [5.74, 6) is 1.25. The first kappa shape index (κ1) is 15.8. The molecule has 0 saturated carbocycles. The SMILES string of the molecule is CC(N)C1CCN(C(=O)CSc2nc3ccccc3s2)CC1. The molecule has 2 aromatic rings. The van der Waals surface area contributed by atoms with Gasteiger partial charge in [0.2, 0.25) is 5.91 Å². The Hall–Kier alpha value is -1.11. The number of likely N-dealkylation sites (tertiary alicyclic amines) is 1. The molecule has 1 fully saturated rings. The molecule has 2 N–H and O–H groups in total. The summed E-state index contributed by atoms with van der Waals surface area (Å²) in [6.07, 6.45) is 2.05. The number of aromatic nitrogens is 1. The van der Waals surface area contributed by atoms with Crippen LogP contribution in [0.2, 0.25) is 0 Å². The Labute approximate surface area is 139 Å². The molecule has 3 rings (SSSR count). The van der Waals surface area contributed by atoms with Crippen molar-refractivity contribution in [3.8, 4) is 0 Å². The van der Waals surface area contributed by atoms with Gasteiger partial charge < -0.3 is 10.6 Å². The summed E-state index contributed by atoms with van der Waals surface area (Å²) in [4.78, 5) is 18.8. The maximum atomic E-state index is 12.3. The molecule has 4 nitrogen and oxygen atoms in total. The highest BCUT2D eigenvalue weighted by molar-refractivity contribution is 8.01. The molecule has 2 heterocycles. The summed E-state index contributed by atoms with van der Waals surface area (Å²) >= 11 is 3.20. The summed E-state index contributed by atoms with van der Waals surface area (Å²) in [5.41, 5.74) is 6.96. The fraction of sp³-hybridized carbons (Fsp3) is 0.500. The number of thiazole rings is 1. The summed E-state index contributed by atoms with van der Waals surface area (Å²) in [6, 6.07) is 8.32. The van der Waals surface area contributed by atoms with Crippen LogP contribution in [0.5, 0.6) is 0 Å². The van der Waals surface area contributed by atoms with E-state index < -0.39 is 0 Å². The molecule has 0 aliphatic carbocycles. The standard InChI is InChI=1S/C16H21N3OS2/c1-11(17)12-6-8-19(9-7-12)15(20)10-21-16-18-13-4-2-3-5-14(13)22-16/h2-5,11-12H,6-10,17H2,1H3. The number of nitrogens with two attached hydrogens (primary N) is 1. The molecule has 0 bridgehead atoms. The highest BCUT2D eigenvalue weighted by Gasteiger charge is 2.24. The maximum Gasteiger partial charge on any atom is 0.233 e. The first-order chi connectivity index (χ1) is 10.6. The van der Waals surface area contributed by atoms with E-state index in [1.807, 2.05) is 23.1 Å². The van der Waals surface area contributed by atoms with Gasteiger partial charge in [0.15, 0.2) is 4.34 Å². The van der Waals surface area contributed by atoms with Crippen LogP contribution in [-0.2, 0) is 4.79 Å². The van der Waals surface area contributed by atoms with Gasteiger partial charge in [0, 0.05) is 19.1 Å². The van der Waals surface area contributed by atoms with Crippen LogP contribution in [0.3, 0.4) is 0 Å². The average Bonchev–Trinajstić information content (AvgIpc) is 2.95. The third-order valence-electron chi connectivity index (χ3n) is 4.23. The number of hydrogen-bond acceptors (Lipinski definition) is 5. The number of piperidine rings is 1. The van der Waals surface area contributed by atoms with Crippen LogP contribution in [0.4, 0.5) is 0 Å². The first-order valence-electron chi connectivity index (χ1n) is 7.65. The van der Waals surface area contributed by atoms with Crippen LogP contribution in [0, 0.1) is 5.92 Å². The predicted molar refractivity (Wildman–Crippen MR) is 93.3 cm³/mol. The van der Waals surface area contributed by atoms with Gasteiger partial charge in [0.1, 0.15) is 0 Å². The van der Waals surface area contributed by atoms with E-state index in [1.165, 1.54) is 4.70 Å². The van der Waals surface area contributed by atoms with Crippen LogP contribution in [0.25, 0.3) is 10.2 Å². The zero-order valence-electron chi connectivity index (χ0n) is 12.7. The van der Waals surface area contributed by atoms with Gasteiger partial charge in [-0.15, -0.1) is 11.3 Å². The lowest BCUT2D eigenvalue weighted by molar-refractivity contribution is -0.129. The largest absolute Gasteiger partial charge is 0.342 e. The molecule has 0 radical (unpaired) electrons. The van der Waals surface area contributed by atoms with E-state index in [-0.39, 0.29) is 11.9 Å². The molecule has 1 atom stereocenters. The topological polar surface area (TPSA) is 59.2 Å². The molecule has 1 aromatic carbocycles. The number of carbonyl (C=O) groups excluding carboxylic acids is 1. The molecule has 1 aromatic heterocycles.